The van der Waals surface area contributed by atoms with Crippen LogP contribution in [0.3, 0.4) is 0 Å². The number of rotatable bonds is 7. The van der Waals surface area contributed by atoms with Gasteiger partial charge in [-0.25, -0.2) is 9.18 Å². The molecule has 0 atom stereocenters. The second kappa shape index (κ2) is 9.23. The Labute approximate surface area is 161 Å². The van der Waals surface area contributed by atoms with Crippen molar-refractivity contribution in [3.8, 4) is 11.5 Å². The van der Waals surface area contributed by atoms with E-state index in [0.717, 1.165) is 0 Å². The third-order valence-electron chi connectivity index (χ3n) is 3.28. The summed E-state index contributed by atoms with van der Waals surface area (Å²) in [5.41, 5.74) is 0.500. The van der Waals surface area contributed by atoms with Crippen LogP contribution in [0.1, 0.15) is 24.2 Å². The first kappa shape index (κ1) is 20.5. The van der Waals surface area contributed by atoms with Crippen LogP contribution in [0.2, 0.25) is 5.02 Å². The van der Waals surface area contributed by atoms with Crippen LogP contribution in [0.5, 0.6) is 11.5 Å². The van der Waals surface area contributed by atoms with Gasteiger partial charge in [-0.05, 0) is 50.2 Å². The highest BCUT2D eigenvalue weighted by atomic mass is 35.5. The van der Waals surface area contributed by atoms with E-state index in [0.29, 0.717) is 11.4 Å². The van der Waals surface area contributed by atoms with Gasteiger partial charge in [0.05, 0.1) is 23.8 Å². The highest BCUT2D eigenvalue weighted by Crippen LogP contribution is 2.37. The van der Waals surface area contributed by atoms with Crippen LogP contribution in [0.4, 0.5) is 10.1 Å². The summed E-state index contributed by atoms with van der Waals surface area (Å²) < 4.78 is 28.6. The highest BCUT2D eigenvalue weighted by molar-refractivity contribution is 6.32. The topological polar surface area (TPSA) is 73.9 Å². The first-order valence-electron chi connectivity index (χ1n) is 8.07. The number of benzene rings is 2. The van der Waals surface area contributed by atoms with Crippen molar-refractivity contribution in [2.75, 3.05) is 19.0 Å². The molecule has 0 heterocycles. The van der Waals surface area contributed by atoms with E-state index < -0.39 is 24.3 Å². The third-order valence-corrected chi connectivity index (χ3v) is 3.56. The molecular weight excluding hydrogens is 377 g/mol. The average Bonchev–Trinajstić information content (AvgIpc) is 2.62. The zero-order valence-electron chi connectivity index (χ0n) is 15.0. The van der Waals surface area contributed by atoms with Crippen molar-refractivity contribution in [1.29, 1.82) is 0 Å². The van der Waals surface area contributed by atoms with Crippen molar-refractivity contribution >= 4 is 29.2 Å². The zero-order valence-corrected chi connectivity index (χ0v) is 15.8. The third kappa shape index (κ3) is 5.86. The molecule has 0 spiro atoms. The summed E-state index contributed by atoms with van der Waals surface area (Å²) >= 11 is 6.16. The van der Waals surface area contributed by atoms with Crippen LogP contribution < -0.4 is 14.8 Å². The first-order valence-corrected chi connectivity index (χ1v) is 8.44. The number of nitrogens with one attached hydrogen (secondary N) is 1. The smallest absolute Gasteiger partial charge is 0.338 e. The molecule has 2 aromatic rings. The number of hydrogen-bond acceptors (Lipinski definition) is 5. The van der Waals surface area contributed by atoms with Crippen LogP contribution in [-0.2, 0) is 9.53 Å². The maximum atomic E-state index is 12.8. The van der Waals surface area contributed by atoms with E-state index in [1.165, 1.54) is 43.5 Å². The van der Waals surface area contributed by atoms with E-state index in [1.807, 2.05) is 13.8 Å². The molecule has 0 saturated carbocycles. The van der Waals surface area contributed by atoms with Gasteiger partial charge in [0.1, 0.15) is 5.82 Å². The molecule has 0 unspecified atom stereocenters. The number of halogens is 2. The van der Waals surface area contributed by atoms with Crippen molar-refractivity contribution in [3.63, 3.8) is 0 Å². The molecule has 0 radical (unpaired) electrons. The molecule has 2 aromatic carbocycles. The van der Waals surface area contributed by atoms with E-state index in [4.69, 9.17) is 25.8 Å². The predicted octanol–water partition coefficient (Wildman–Crippen LogP) is 4.07. The Bertz CT molecular complexity index is 824. The number of amides is 1. The van der Waals surface area contributed by atoms with Crippen LogP contribution in [0, 0.1) is 5.82 Å². The lowest BCUT2D eigenvalue weighted by atomic mass is 10.2. The number of methoxy groups -OCH3 is 1. The molecule has 144 valence electrons. The summed E-state index contributed by atoms with van der Waals surface area (Å²) in [5, 5.41) is 2.67. The number of carbonyl (C=O) groups is 2. The molecule has 0 bridgehead atoms. The summed E-state index contributed by atoms with van der Waals surface area (Å²) in [5.74, 6) is -1.14. The first-order chi connectivity index (χ1) is 12.8. The van der Waals surface area contributed by atoms with Gasteiger partial charge >= 0.3 is 5.97 Å². The lowest BCUT2D eigenvalue weighted by Crippen LogP contribution is -2.21. The number of anilines is 1. The van der Waals surface area contributed by atoms with Gasteiger partial charge in [-0.2, -0.15) is 0 Å². The predicted molar refractivity (Wildman–Crippen MR) is 99.1 cm³/mol. The number of ether oxygens (including phenoxy) is 3. The summed E-state index contributed by atoms with van der Waals surface area (Å²) in [6, 6.07) is 8.00. The summed E-state index contributed by atoms with van der Waals surface area (Å²) in [4.78, 5) is 24.0. The van der Waals surface area contributed by atoms with E-state index in [9.17, 15) is 14.0 Å². The average molecular weight is 396 g/mol. The molecule has 0 fully saturated rings. The Hall–Kier alpha value is -2.80. The van der Waals surface area contributed by atoms with Crippen molar-refractivity contribution in [1.82, 2.24) is 0 Å². The van der Waals surface area contributed by atoms with E-state index in [-0.39, 0.29) is 22.4 Å². The quantitative estimate of drug-likeness (QED) is 0.715. The fraction of sp³-hybridized carbons (Fsp3) is 0.263. The lowest BCUT2D eigenvalue weighted by Gasteiger charge is -2.16. The van der Waals surface area contributed by atoms with Gasteiger partial charge in [0, 0.05) is 5.69 Å². The van der Waals surface area contributed by atoms with Gasteiger partial charge in [0.2, 0.25) is 0 Å². The van der Waals surface area contributed by atoms with Gasteiger partial charge in [-0.1, -0.05) is 11.6 Å². The molecule has 0 saturated heterocycles. The molecule has 0 aliphatic carbocycles. The molecule has 0 aliphatic rings. The minimum atomic E-state index is -0.749. The Kier molecular flexibility index (Phi) is 7.01. The molecule has 8 heteroatoms. The summed E-state index contributed by atoms with van der Waals surface area (Å²) in [7, 11) is 1.42. The SMILES string of the molecule is COc1cc(C(=O)OCC(=O)Nc2ccc(F)cc2)cc(Cl)c1OC(C)C. The molecule has 27 heavy (non-hydrogen) atoms. The number of hydrogen-bond donors (Lipinski definition) is 1. The second-order valence-corrected chi connectivity index (χ2v) is 6.19. The molecule has 1 amide bonds. The van der Waals surface area contributed by atoms with Crippen LogP contribution in [0.25, 0.3) is 0 Å². The molecular formula is C19H19ClFNO5. The summed E-state index contributed by atoms with van der Waals surface area (Å²) in [6.07, 6.45) is -0.135. The highest BCUT2D eigenvalue weighted by Gasteiger charge is 2.18. The van der Waals surface area contributed by atoms with E-state index in [2.05, 4.69) is 5.32 Å². The Morgan fingerprint density at radius 3 is 2.44 bits per heavy atom. The summed E-state index contributed by atoms with van der Waals surface area (Å²) in [6.45, 7) is 3.15. The van der Waals surface area contributed by atoms with Gasteiger partial charge in [-0.3, -0.25) is 4.79 Å². The van der Waals surface area contributed by atoms with Crippen molar-refractivity contribution in [3.05, 3.63) is 52.8 Å². The molecule has 1 N–H and O–H groups in total. The molecule has 0 aromatic heterocycles. The largest absolute Gasteiger partial charge is 0.493 e. The fourth-order valence-electron chi connectivity index (χ4n) is 2.13. The molecule has 6 nitrogen and oxygen atoms in total. The molecule has 0 aliphatic heterocycles. The maximum Gasteiger partial charge on any atom is 0.338 e. The Morgan fingerprint density at radius 2 is 1.85 bits per heavy atom. The van der Waals surface area contributed by atoms with Gasteiger partial charge < -0.3 is 19.5 Å². The van der Waals surface area contributed by atoms with E-state index >= 15 is 0 Å². The lowest BCUT2D eigenvalue weighted by molar-refractivity contribution is -0.119. The van der Waals surface area contributed by atoms with Crippen LogP contribution >= 0.6 is 11.6 Å². The monoisotopic (exact) mass is 395 g/mol. The standard InChI is InChI=1S/C19H19ClFNO5/c1-11(2)27-18-15(20)8-12(9-16(18)25-3)19(24)26-10-17(23)22-14-6-4-13(21)5-7-14/h4-9,11H,10H2,1-3H3,(H,22,23). The van der Waals surface area contributed by atoms with Crippen molar-refractivity contribution in [2.24, 2.45) is 0 Å². The Morgan fingerprint density at radius 1 is 1.19 bits per heavy atom. The van der Waals surface area contributed by atoms with Crippen molar-refractivity contribution < 1.29 is 28.2 Å². The minimum Gasteiger partial charge on any atom is -0.493 e. The van der Waals surface area contributed by atoms with Gasteiger partial charge in [-0.15, -0.1) is 0 Å². The van der Waals surface area contributed by atoms with Crippen LogP contribution in [0.15, 0.2) is 36.4 Å². The number of esters is 1. The second-order valence-electron chi connectivity index (χ2n) is 5.79. The van der Waals surface area contributed by atoms with Crippen molar-refractivity contribution in [2.45, 2.75) is 20.0 Å². The minimum absolute atomic E-state index is 0.113. The Balaban J connectivity index is 2.01. The maximum absolute atomic E-state index is 12.8. The van der Waals surface area contributed by atoms with Gasteiger partial charge in [0.15, 0.2) is 18.1 Å². The number of carbonyl (C=O) groups excluding carboxylic acids is 2. The van der Waals surface area contributed by atoms with E-state index in [1.54, 1.807) is 0 Å². The van der Waals surface area contributed by atoms with Gasteiger partial charge in [0.25, 0.3) is 5.91 Å². The normalized spacial score (nSPS) is 10.4. The fourth-order valence-corrected chi connectivity index (χ4v) is 2.39. The zero-order chi connectivity index (χ0) is 20.0. The van der Waals surface area contributed by atoms with Crippen LogP contribution in [-0.4, -0.2) is 31.7 Å². The molecule has 2 rings (SSSR count).